The highest BCUT2D eigenvalue weighted by Crippen LogP contribution is 2.08. The van der Waals surface area contributed by atoms with E-state index in [0.29, 0.717) is 25.2 Å². The van der Waals surface area contributed by atoms with E-state index in [0.717, 1.165) is 11.4 Å². The molecule has 4 nitrogen and oxygen atoms in total. The fourth-order valence-electron chi connectivity index (χ4n) is 2.38. The molecule has 0 fully saturated rings. The summed E-state index contributed by atoms with van der Waals surface area (Å²) < 4.78 is 1.89. The first-order valence-electron chi connectivity index (χ1n) is 6.76. The summed E-state index contributed by atoms with van der Waals surface area (Å²) in [5.74, 6) is 0. The maximum Gasteiger partial charge on any atom is 0.0863 e. The molecule has 0 radical (unpaired) electrons. The molecular formula is C14H27N3O. The summed E-state index contributed by atoms with van der Waals surface area (Å²) in [7, 11) is 0. The number of aromatic nitrogens is 2. The molecule has 18 heavy (non-hydrogen) atoms. The monoisotopic (exact) mass is 253 g/mol. The third kappa shape index (κ3) is 4.10. The second kappa shape index (κ2) is 6.34. The van der Waals surface area contributed by atoms with Gasteiger partial charge in [-0.1, -0.05) is 0 Å². The van der Waals surface area contributed by atoms with Gasteiger partial charge in [-0.2, -0.15) is 5.10 Å². The molecule has 1 atom stereocenters. The van der Waals surface area contributed by atoms with E-state index in [1.807, 2.05) is 24.6 Å². The number of nitrogens with zero attached hydrogens (tertiary/aromatic N) is 3. The second-order valence-corrected chi connectivity index (χ2v) is 5.65. The Hall–Kier alpha value is -0.870. The van der Waals surface area contributed by atoms with Crippen LogP contribution in [0.25, 0.3) is 0 Å². The van der Waals surface area contributed by atoms with Crippen molar-refractivity contribution in [1.29, 1.82) is 0 Å². The van der Waals surface area contributed by atoms with Gasteiger partial charge in [0, 0.05) is 24.3 Å². The largest absolute Gasteiger partial charge is 0.390 e. The highest BCUT2D eigenvalue weighted by Gasteiger charge is 2.18. The van der Waals surface area contributed by atoms with Crippen molar-refractivity contribution in [3.63, 3.8) is 0 Å². The minimum Gasteiger partial charge on any atom is -0.390 e. The quantitative estimate of drug-likeness (QED) is 0.843. The summed E-state index contributed by atoms with van der Waals surface area (Å²) in [5, 5.41) is 14.6. The minimum atomic E-state index is -0.382. The predicted molar refractivity (Wildman–Crippen MR) is 74.7 cm³/mol. The Kier molecular flexibility index (Phi) is 5.35. The Morgan fingerprint density at radius 2 is 1.78 bits per heavy atom. The maximum absolute atomic E-state index is 10.2. The van der Waals surface area contributed by atoms with Crippen molar-refractivity contribution in [2.45, 2.75) is 66.3 Å². The lowest BCUT2D eigenvalue weighted by Gasteiger charge is -2.32. The zero-order valence-electron chi connectivity index (χ0n) is 12.5. The van der Waals surface area contributed by atoms with Crippen LogP contribution in [0.2, 0.25) is 0 Å². The average Bonchev–Trinajstić information content (AvgIpc) is 2.53. The van der Waals surface area contributed by atoms with Crippen LogP contribution in [0.4, 0.5) is 0 Å². The number of aliphatic hydroxyl groups excluding tert-OH is 1. The molecule has 0 aromatic carbocycles. The van der Waals surface area contributed by atoms with E-state index < -0.39 is 0 Å². The first kappa shape index (κ1) is 15.2. The van der Waals surface area contributed by atoms with Crippen LogP contribution in [0.15, 0.2) is 6.07 Å². The van der Waals surface area contributed by atoms with Crippen molar-refractivity contribution in [1.82, 2.24) is 14.7 Å². The second-order valence-electron chi connectivity index (χ2n) is 5.65. The van der Waals surface area contributed by atoms with Crippen LogP contribution in [-0.2, 0) is 6.54 Å². The van der Waals surface area contributed by atoms with Crippen LogP contribution in [0.3, 0.4) is 0 Å². The number of hydrogen-bond acceptors (Lipinski definition) is 3. The zero-order chi connectivity index (χ0) is 13.9. The maximum atomic E-state index is 10.2. The number of rotatable bonds is 6. The summed E-state index contributed by atoms with van der Waals surface area (Å²) in [6.07, 6.45) is -0.382. The van der Waals surface area contributed by atoms with Gasteiger partial charge in [0.2, 0.25) is 0 Å². The lowest BCUT2D eigenvalue weighted by Crippen LogP contribution is -2.43. The van der Waals surface area contributed by atoms with Gasteiger partial charge >= 0.3 is 0 Å². The number of aryl methyl sites for hydroxylation is 2. The number of aliphatic hydroxyl groups is 1. The molecule has 1 aromatic rings. The fraction of sp³-hybridized carbons (Fsp3) is 0.786. The smallest absolute Gasteiger partial charge is 0.0863 e. The lowest BCUT2D eigenvalue weighted by molar-refractivity contribution is 0.0629. The fourth-order valence-corrected chi connectivity index (χ4v) is 2.38. The Morgan fingerprint density at radius 3 is 2.17 bits per heavy atom. The predicted octanol–water partition coefficient (Wildman–Crippen LogP) is 1.98. The van der Waals surface area contributed by atoms with Gasteiger partial charge in [-0.3, -0.25) is 9.58 Å². The molecule has 1 N–H and O–H groups in total. The van der Waals surface area contributed by atoms with E-state index >= 15 is 0 Å². The molecule has 0 aliphatic heterocycles. The summed E-state index contributed by atoms with van der Waals surface area (Å²) in [5.41, 5.74) is 2.11. The van der Waals surface area contributed by atoms with Crippen LogP contribution in [-0.4, -0.2) is 44.5 Å². The Balaban J connectivity index is 2.60. The Morgan fingerprint density at radius 1 is 1.22 bits per heavy atom. The highest BCUT2D eigenvalue weighted by atomic mass is 16.3. The Labute approximate surface area is 111 Å². The van der Waals surface area contributed by atoms with Gasteiger partial charge in [-0.25, -0.2) is 0 Å². The van der Waals surface area contributed by atoms with Crippen LogP contribution < -0.4 is 0 Å². The van der Waals surface area contributed by atoms with Crippen molar-refractivity contribution < 1.29 is 5.11 Å². The van der Waals surface area contributed by atoms with Crippen molar-refractivity contribution in [2.24, 2.45) is 0 Å². The van der Waals surface area contributed by atoms with Crippen molar-refractivity contribution in [3.05, 3.63) is 17.5 Å². The molecule has 0 aliphatic carbocycles. The third-order valence-corrected chi connectivity index (χ3v) is 3.24. The van der Waals surface area contributed by atoms with Crippen LogP contribution in [0, 0.1) is 13.8 Å². The molecule has 1 heterocycles. The van der Waals surface area contributed by atoms with E-state index in [1.165, 1.54) is 0 Å². The Bertz CT molecular complexity index is 363. The first-order chi connectivity index (χ1) is 8.31. The van der Waals surface area contributed by atoms with E-state index in [4.69, 9.17) is 0 Å². The highest BCUT2D eigenvalue weighted by molar-refractivity contribution is 5.06. The molecule has 0 amide bonds. The third-order valence-electron chi connectivity index (χ3n) is 3.24. The molecule has 0 bridgehead atoms. The van der Waals surface area contributed by atoms with Crippen molar-refractivity contribution in [2.75, 3.05) is 6.54 Å². The summed E-state index contributed by atoms with van der Waals surface area (Å²) >= 11 is 0. The molecule has 0 aliphatic rings. The van der Waals surface area contributed by atoms with Crippen molar-refractivity contribution in [3.8, 4) is 0 Å². The average molecular weight is 253 g/mol. The van der Waals surface area contributed by atoms with Gasteiger partial charge < -0.3 is 5.11 Å². The van der Waals surface area contributed by atoms with Gasteiger partial charge in [0.25, 0.3) is 0 Å². The standard InChI is InChI=1S/C14H27N3O/c1-10(2)16(11(3)4)8-14(18)9-17-13(6)7-12(5)15-17/h7,10-11,14,18H,8-9H2,1-6H3. The van der Waals surface area contributed by atoms with Gasteiger partial charge in [0.05, 0.1) is 18.3 Å². The molecule has 0 saturated carbocycles. The number of hydrogen-bond donors (Lipinski definition) is 1. The van der Waals surface area contributed by atoms with Crippen molar-refractivity contribution >= 4 is 0 Å². The molecule has 1 aromatic heterocycles. The lowest BCUT2D eigenvalue weighted by atomic mass is 10.2. The molecule has 104 valence electrons. The molecular weight excluding hydrogens is 226 g/mol. The summed E-state index contributed by atoms with van der Waals surface area (Å²) in [4.78, 5) is 2.30. The van der Waals surface area contributed by atoms with E-state index in [9.17, 15) is 5.11 Å². The topological polar surface area (TPSA) is 41.3 Å². The molecule has 0 spiro atoms. The SMILES string of the molecule is Cc1cc(C)n(CC(O)CN(C(C)C)C(C)C)n1. The summed E-state index contributed by atoms with van der Waals surface area (Å²) in [6, 6.07) is 2.93. The van der Waals surface area contributed by atoms with Crippen LogP contribution in [0.5, 0.6) is 0 Å². The zero-order valence-corrected chi connectivity index (χ0v) is 12.5. The first-order valence-corrected chi connectivity index (χ1v) is 6.76. The molecule has 1 unspecified atom stereocenters. The summed E-state index contributed by atoms with van der Waals surface area (Å²) in [6.45, 7) is 13.9. The van der Waals surface area contributed by atoms with Gasteiger partial charge in [-0.15, -0.1) is 0 Å². The van der Waals surface area contributed by atoms with Crippen LogP contribution >= 0.6 is 0 Å². The molecule has 0 saturated heterocycles. The normalized spacial score (nSPS) is 13.9. The van der Waals surface area contributed by atoms with Gasteiger partial charge in [-0.05, 0) is 47.6 Å². The van der Waals surface area contributed by atoms with Gasteiger partial charge in [0.15, 0.2) is 0 Å². The molecule has 4 heteroatoms. The molecule has 1 rings (SSSR count). The van der Waals surface area contributed by atoms with E-state index in [1.54, 1.807) is 0 Å². The van der Waals surface area contributed by atoms with E-state index in [-0.39, 0.29) is 6.10 Å². The minimum absolute atomic E-state index is 0.382. The van der Waals surface area contributed by atoms with Gasteiger partial charge in [0.1, 0.15) is 0 Å². The van der Waals surface area contributed by atoms with Crippen LogP contribution in [0.1, 0.15) is 39.1 Å². The van der Waals surface area contributed by atoms with E-state index in [2.05, 4.69) is 37.7 Å².